The van der Waals surface area contributed by atoms with Gasteiger partial charge in [-0.05, 0) is 0 Å². The van der Waals surface area contributed by atoms with Gasteiger partial charge < -0.3 is 0 Å². The summed E-state index contributed by atoms with van der Waals surface area (Å²) in [6.07, 6.45) is 2.00. The SMILES string of the molecule is CCOC1(OCC)CCC[Te]C1(OCC)OCC. The Balaban J connectivity index is 3.02. The maximum absolute atomic E-state index is 6.02. The van der Waals surface area contributed by atoms with Crippen LogP contribution in [-0.4, -0.2) is 57.0 Å². The Kier molecular flexibility index (Phi) is 7.45. The third-order valence-electron chi connectivity index (χ3n) is 2.83. The van der Waals surface area contributed by atoms with Gasteiger partial charge in [-0.1, -0.05) is 0 Å². The van der Waals surface area contributed by atoms with Gasteiger partial charge in [0.05, 0.1) is 0 Å². The van der Waals surface area contributed by atoms with Crippen LogP contribution in [0.4, 0.5) is 0 Å². The van der Waals surface area contributed by atoms with Gasteiger partial charge in [-0.25, -0.2) is 0 Å². The van der Waals surface area contributed by atoms with Gasteiger partial charge in [0.25, 0.3) is 0 Å². The summed E-state index contributed by atoms with van der Waals surface area (Å²) in [5.41, 5.74) is 0. The number of hydrogen-bond donors (Lipinski definition) is 0. The third kappa shape index (κ3) is 3.39. The number of hydrogen-bond acceptors (Lipinski definition) is 4. The molecule has 1 fully saturated rings. The van der Waals surface area contributed by atoms with Crippen molar-refractivity contribution < 1.29 is 18.9 Å². The molecule has 0 spiro atoms. The van der Waals surface area contributed by atoms with Crippen LogP contribution in [0.15, 0.2) is 0 Å². The molecule has 1 rings (SSSR count). The Bertz CT molecular complexity index is 188. The van der Waals surface area contributed by atoms with Crippen LogP contribution in [0.25, 0.3) is 0 Å². The molecule has 0 atom stereocenters. The van der Waals surface area contributed by atoms with Crippen molar-refractivity contribution in [3.8, 4) is 0 Å². The zero-order valence-electron chi connectivity index (χ0n) is 12.0. The predicted octanol–water partition coefficient (Wildman–Crippen LogP) is 2.40. The molecule has 0 bridgehead atoms. The van der Waals surface area contributed by atoms with E-state index in [4.69, 9.17) is 18.9 Å². The Labute approximate surface area is 121 Å². The molecule has 0 amide bonds. The first-order valence-corrected chi connectivity index (χ1v) is 9.71. The molecule has 4 nitrogen and oxygen atoms in total. The van der Waals surface area contributed by atoms with Crippen molar-refractivity contribution in [3.05, 3.63) is 0 Å². The Hall–Kier alpha value is 0.630. The molecular formula is C13H26O4Te. The average Bonchev–Trinajstić information content (AvgIpc) is 2.34. The molecule has 108 valence electrons. The first-order chi connectivity index (χ1) is 8.70. The summed E-state index contributed by atoms with van der Waals surface area (Å²) in [6, 6.07) is 0. The molecule has 5 heteroatoms. The Morgan fingerprint density at radius 3 is 1.78 bits per heavy atom. The van der Waals surface area contributed by atoms with Crippen LogP contribution in [0.3, 0.4) is 0 Å². The van der Waals surface area contributed by atoms with Crippen LogP contribution in [0.2, 0.25) is 4.47 Å². The van der Waals surface area contributed by atoms with Crippen LogP contribution in [0.1, 0.15) is 40.5 Å². The summed E-state index contributed by atoms with van der Waals surface area (Å²) < 4.78 is 24.6. The van der Waals surface area contributed by atoms with E-state index >= 15 is 0 Å². The van der Waals surface area contributed by atoms with Crippen molar-refractivity contribution in [2.45, 2.75) is 54.6 Å². The predicted molar refractivity (Wildman–Crippen MR) is 71.8 cm³/mol. The standard InChI is InChI=1S/C13H26O4Te/c1-5-14-12(15-6-2)10-9-11-18-13(12,16-7-3)17-8-4/h5-11H2,1-4H3. The molecular weight excluding hydrogens is 348 g/mol. The topological polar surface area (TPSA) is 36.9 Å². The van der Waals surface area contributed by atoms with Crippen LogP contribution < -0.4 is 0 Å². The van der Waals surface area contributed by atoms with Crippen molar-refractivity contribution in [2.24, 2.45) is 0 Å². The molecule has 0 saturated carbocycles. The van der Waals surface area contributed by atoms with Gasteiger partial charge in [-0.15, -0.1) is 0 Å². The first-order valence-electron chi connectivity index (χ1n) is 6.90. The van der Waals surface area contributed by atoms with Gasteiger partial charge in [0, 0.05) is 0 Å². The minimum absolute atomic E-state index is 0.458. The summed E-state index contributed by atoms with van der Waals surface area (Å²) in [5.74, 6) is -0.691. The molecule has 1 aliphatic heterocycles. The van der Waals surface area contributed by atoms with Gasteiger partial charge in [0.2, 0.25) is 0 Å². The summed E-state index contributed by atoms with van der Waals surface area (Å²) in [5, 5.41) is 0. The van der Waals surface area contributed by atoms with Gasteiger partial charge >= 0.3 is 121 Å². The minimum atomic E-state index is -0.691. The van der Waals surface area contributed by atoms with Crippen LogP contribution in [0, 0.1) is 0 Å². The summed E-state index contributed by atoms with van der Waals surface area (Å²) in [7, 11) is 0. The third-order valence-corrected chi connectivity index (χ3v) is 6.88. The van der Waals surface area contributed by atoms with E-state index in [0.717, 1.165) is 12.8 Å². The van der Waals surface area contributed by atoms with Gasteiger partial charge in [0.15, 0.2) is 0 Å². The van der Waals surface area contributed by atoms with E-state index in [1.165, 1.54) is 4.47 Å². The average molecular weight is 374 g/mol. The zero-order valence-corrected chi connectivity index (χ0v) is 14.3. The quantitative estimate of drug-likeness (QED) is 0.483. The second kappa shape index (κ2) is 8.04. The number of ether oxygens (including phenoxy) is 4. The molecule has 0 radical (unpaired) electrons. The second-order valence-electron chi connectivity index (χ2n) is 3.99. The maximum atomic E-state index is 6.02. The normalized spacial score (nSPS) is 22.0. The fourth-order valence-electron chi connectivity index (χ4n) is 2.33. The molecule has 0 N–H and O–H groups in total. The van der Waals surface area contributed by atoms with Crippen molar-refractivity contribution in [1.29, 1.82) is 0 Å². The first kappa shape index (κ1) is 16.7. The van der Waals surface area contributed by atoms with Crippen molar-refractivity contribution >= 4 is 20.9 Å². The monoisotopic (exact) mass is 376 g/mol. The molecule has 0 aromatic carbocycles. The van der Waals surface area contributed by atoms with E-state index in [1.54, 1.807) is 0 Å². The fraction of sp³-hybridized carbons (Fsp3) is 1.00. The molecule has 1 heterocycles. The van der Waals surface area contributed by atoms with Crippen molar-refractivity contribution in [3.63, 3.8) is 0 Å². The van der Waals surface area contributed by atoms with Gasteiger partial charge in [-0.3, -0.25) is 0 Å². The molecule has 18 heavy (non-hydrogen) atoms. The molecule has 0 aliphatic carbocycles. The molecule has 1 saturated heterocycles. The van der Waals surface area contributed by atoms with Gasteiger partial charge in [-0.2, -0.15) is 0 Å². The van der Waals surface area contributed by atoms with E-state index in [2.05, 4.69) is 0 Å². The Morgan fingerprint density at radius 2 is 1.33 bits per heavy atom. The van der Waals surface area contributed by atoms with Crippen LogP contribution >= 0.6 is 0 Å². The molecule has 0 aromatic heterocycles. The molecule has 1 aliphatic rings. The summed E-state index contributed by atoms with van der Waals surface area (Å²) in [6.45, 7) is 10.5. The zero-order chi connectivity index (χ0) is 13.5. The fourth-order valence-corrected chi connectivity index (χ4v) is 6.32. The van der Waals surface area contributed by atoms with Crippen LogP contribution in [0.5, 0.6) is 0 Å². The van der Waals surface area contributed by atoms with Crippen LogP contribution in [-0.2, 0) is 18.9 Å². The number of rotatable bonds is 8. The van der Waals surface area contributed by atoms with E-state index in [9.17, 15) is 0 Å². The van der Waals surface area contributed by atoms with Crippen molar-refractivity contribution in [2.75, 3.05) is 26.4 Å². The summed E-state index contributed by atoms with van der Waals surface area (Å²) in [4.78, 5) is 0. The summed E-state index contributed by atoms with van der Waals surface area (Å²) >= 11 is -0.458. The molecule has 0 aromatic rings. The van der Waals surface area contributed by atoms with Crippen molar-refractivity contribution in [1.82, 2.24) is 0 Å². The molecule has 0 unspecified atom stereocenters. The van der Waals surface area contributed by atoms with Gasteiger partial charge in [0.1, 0.15) is 0 Å². The van der Waals surface area contributed by atoms with E-state index in [1.807, 2.05) is 27.7 Å². The van der Waals surface area contributed by atoms with E-state index in [0.29, 0.717) is 26.4 Å². The Morgan fingerprint density at radius 1 is 0.833 bits per heavy atom. The second-order valence-corrected chi connectivity index (χ2v) is 7.52. The van der Waals surface area contributed by atoms with E-state index in [-0.39, 0.29) is 0 Å². The van der Waals surface area contributed by atoms with E-state index < -0.39 is 30.5 Å².